The van der Waals surface area contributed by atoms with Crippen molar-refractivity contribution in [2.24, 2.45) is 11.7 Å². The summed E-state index contributed by atoms with van der Waals surface area (Å²) >= 11 is 0. The van der Waals surface area contributed by atoms with Crippen LogP contribution < -0.4 is 11.1 Å². The summed E-state index contributed by atoms with van der Waals surface area (Å²) in [4.78, 5) is 15.6. The maximum atomic E-state index is 10.6. The summed E-state index contributed by atoms with van der Waals surface area (Å²) in [7, 11) is 0. The molecule has 2 fully saturated rings. The van der Waals surface area contributed by atoms with Crippen LogP contribution in [0.3, 0.4) is 0 Å². The third-order valence-electron chi connectivity index (χ3n) is 3.87. The average molecular weight is 310 g/mol. The molecule has 0 unspecified atom stereocenters. The highest BCUT2D eigenvalue weighted by molar-refractivity contribution is 5.85. The second kappa shape index (κ2) is 10.8. The van der Waals surface area contributed by atoms with Crippen LogP contribution >= 0.6 is 0 Å². The molecule has 5 nitrogen and oxygen atoms in total. The number of carbonyl (C=O) groups is 1. The van der Waals surface area contributed by atoms with Gasteiger partial charge in [0, 0.05) is 38.8 Å². The van der Waals surface area contributed by atoms with Crippen molar-refractivity contribution in [3.05, 3.63) is 12.2 Å². The molecule has 0 bridgehead atoms. The van der Waals surface area contributed by atoms with E-state index in [0.29, 0.717) is 0 Å². The van der Waals surface area contributed by atoms with Gasteiger partial charge in [-0.05, 0) is 37.9 Å². The smallest absolute Gasteiger partial charge is 0.241 e. The molecule has 0 aliphatic carbocycles. The van der Waals surface area contributed by atoms with Crippen LogP contribution in [0.1, 0.15) is 33.6 Å². The highest BCUT2D eigenvalue weighted by atomic mass is 16.1. The van der Waals surface area contributed by atoms with Gasteiger partial charge in [0.15, 0.2) is 0 Å². The number of nitrogens with one attached hydrogen (secondary N) is 1. The minimum atomic E-state index is -0.356. The van der Waals surface area contributed by atoms with E-state index in [0.717, 1.165) is 44.7 Å². The summed E-state index contributed by atoms with van der Waals surface area (Å²) in [5, 5.41) is 3.40. The largest absolute Gasteiger partial charge is 0.366 e. The monoisotopic (exact) mass is 310 g/mol. The summed E-state index contributed by atoms with van der Waals surface area (Å²) < 4.78 is 0. The fourth-order valence-corrected chi connectivity index (χ4v) is 2.83. The summed E-state index contributed by atoms with van der Waals surface area (Å²) in [5.74, 6) is 0.478. The number of rotatable bonds is 4. The molecule has 2 aliphatic heterocycles. The van der Waals surface area contributed by atoms with Gasteiger partial charge in [0.1, 0.15) is 0 Å². The molecule has 2 aliphatic rings. The van der Waals surface area contributed by atoms with E-state index in [2.05, 4.69) is 35.9 Å². The van der Waals surface area contributed by atoms with E-state index in [1.54, 1.807) is 0 Å². The molecule has 2 saturated heterocycles. The molecule has 22 heavy (non-hydrogen) atoms. The van der Waals surface area contributed by atoms with Gasteiger partial charge < -0.3 is 11.1 Å². The van der Waals surface area contributed by atoms with Gasteiger partial charge in [-0.3, -0.25) is 14.6 Å². The van der Waals surface area contributed by atoms with E-state index in [1.807, 2.05) is 6.08 Å². The number of primary amides is 1. The fraction of sp³-hybridized carbons (Fsp3) is 0.824. The lowest BCUT2D eigenvalue weighted by Crippen LogP contribution is -2.51. The molecule has 0 saturated carbocycles. The van der Waals surface area contributed by atoms with Gasteiger partial charge in [-0.2, -0.15) is 0 Å². The summed E-state index contributed by atoms with van der Waals surface area (Å²) in [6, 6.07) is 0.753. The molecular formula is C17H34N4O. The first-order valence-electron chi connectivity index (χ1n) is 8.62. The van der Waals surface area contributed by atoms with Gasteiger partial charge in [-0.25, -0.2) is 0 Å². The summed E-state index contributed by atoms with van der Waals surface area (Å²) in [6.07, 6.45) is 5.81. The van der Waals surface area contributed by atoms with E-state index in [9.17, 15) is 4.79 Å². The van der Waals surface area contributed by atoms with E-state index >= 15 is 0 Å². The van der Waals surface area contributed by atoms with Crippen molar-refractivity contribution >= 4 is 5.91 Å². The van der Waals surface area contributed by atoms with Crippen LogP contribution in [-0.4, -0.2) is 67.6 Å². The number of amides is 1. The van der Waals surface area contributed by atoms with Gasteiger partial charge in [0.25, 0.3) is 0 Å². The van der Waals surface area contributed by atoms with Crippen LogP contribution in [0.4, 0.5) is 0 Å². The molecule has 2 heterocycles. The molecule has 128 valence electrons. The molecule has 0 aromatic rings. The first-order chi connectivity index (χ1) is 10.5. The lowest BCUT2D eigenvalue weighted by atomic mass is 10.0. The molecule has 0 aromatic carbocycles. The zero-order valence-corrected chi connectivity index (χ0v) is 14.6. The van der Waals surface area contributed by atoms with E-state index in [-0.39, 0.29) is 5.91 Å². The molecule has 0 aromatic heterocycles. The Morgan fingerprint density at radius 1 is 1.18 bits per heavy atom. The van der Waals surface area contributed by atoms with Crippen molar-refractivity contribution in [1.29, 1.82) is 0 Å². The predicted molar refractivity (Wildman–Crippen MR) is 92.8 cm³/mol. The normalized spacial score (nSPS) is 21.8. The first-order valence-corrected chi connectivity index (χ1v) is 8.62. The number of piperazine rings is 1. The molecule has 0 spiro atoms. The summed E-state index contributed by atoms with van der Waals surface area (Å²) in [6.45, 7) is 14.2. The molecule has 2 rings (SSSR count). The van der Waals surface area contributed by atoms with Gasteiger partial charge in [-0.1, -0.05) is 26.8 Å². The number of likely N-dealkylation sites (tertiary alicyclic amines) is 1. The minimum absolute atomic E-state index is 0.356. The Labute approximate surface area is 135 Å². The Kier molecular flexibility index (Phi) is 9.36. The Morgan fingerprint density at radius 3 is 2.23 bits per heavy atom. The third kappa shape index (κ3) is 8.51. The number of hydrogen-bond donors (Lipinski definition) is 2. The molecular weight excluding hydrogens is 276 g/mol. The zero-order valence-electron chi connectivity index (χ0n) is 14.6. The van der Waals surface area contributed by atoms with Crippen LogP contribution in [-0.2, 0) is 4.79 Å². The maximum Gasteiger partial charge on any atom is 0.241 e. The average Bonchev–Trinajstić information content (AvgIpc) is 2.48. The van der Waals surface area contributed by atoms with E-state index in [4.69, 9.17) is 5.73 Å². The lowest BCUT2D eigenvalue weighted by molar-refractivity contribution is -0.113. The second-order valence-electron chi connectivity index (χ2n) is 6.85. The highest BCUT2D eigenvalue weighted by Crippen LogP contribution is 2.16. The van der Waals surface area contributed by atoms with Crippen LogP contribution in [0, 0.1) is 5.92 Å². The SMILES string of the molecule is CC(C)C.NC(=O)/C=C/CN1CCC(N2CCNCC2)CC1. The van der Waals surface area contributed by atoms with Crippen LogP contribution in [0.15, 0.2) is 12.2 Å². The quantitative estimate of drug-likeness (QED) is 0.762. The number of hydrogen-bond acceptors (Lipinski definition) is 4. The minimum Gasteiger partial charge on any atom is -0.366 e. The number of piperidine rings is 1. The molecule has 0 atom stereocenters. The maximum absolute atomic E-state index is 10.6. The van der Waals surface area contributed by atoms with Crippen molar-refractivity contribution < 1.29 is 4.79 Å². The van der Waals surface area contributed by atoms with Crippen molar-refractivity contribution in [1.82, 2.24) is 15.1 Å². The van der Waals surface area contributed by atoms with Gasteiger partial charge in [0.2, 0.25) is 5.91 Å². The Balaban J connectivity index is 0.000000541. The lowest BCUT2D eigenvalue weighted by Gasteiger charge is -2.40. The van der Waals surface area contributed by atoms with Gasteiger partial charge >= 0.3 is 0 Å². The predicted octanol–water partition coefficient (Wildman–Crippen LogP) is 1.06. The van der Waals surface area contributed by atoms with Crippen molar-refractivity contribution in [2.75, 3.05) is 45.8 Å². The number of nitrogens with two attached hydrogens (primary N) is 1. The number of carbonyl (C=O) groups excluding carboxylic acids is 1. The van der Waals surface area contributed by atoms with Gasteiger partial charge in [0.05, 0.1) is 0 Å². The number of nitrogens with zero attached hydrogens (tertiary/aromatic N) is 2. The zero-order chi connectivity index (χ0) is 16.4. The second-order valence-corrected chi connectivity index (χ2v) is 6.85. The van der Waals surface area contributed by atoms with Crippen molar-refractivity contribution in [3.8, 4) is 0 Å². The topological polar surface area (TPSA) is 61.6 Å². The first kappa shape index (κ1) is 19.1. The molecule has 5 heteroatoms. The van der Waals surface area contributed by atoms with Crippen LogP contribution in [0.5, 0.6) is 0 Å². The highest BCUT2D eigenvalue weighted by Gasteiger charge is 2.24. The molecule has 3 N–H and O–H groups in total. The molecule has 0 radical (unpaired) electrons. The summed E-state index contributed by atoms with van der Waals surface area (Å²) in [5.41, 5.74) is 5.07. The standard InChI is InChI=1S/C13H24N4O.C4H10/c14-13(18)2-1-7-16-8-3-12(4-9-16)17-10-5-15-6-11-17;1-4(2)3/h1-2,12,15H,3-11H2,(H2,14,18);4H,1-3H3/b2-1+;. The fourth-order valence-electron chi connectivity index (χ4n) is 2.83. The van der Waals surface area contributed by atoms with E-state index < -0.39 is 0 Å². The van der Waals surface area contributed by atoms with Crippen LogP contribution in [0.25, 0.3) is 0 Å². The van der Waals surface area contributed by atoms with Crippen molar-refractivity contribution in [2.45, 2.75) is 39.7 Å². The van der Waals surface area contributed by atoms with E-state index in [1.165, 1.54) is 32.0 Å². The van der Waals surface area contributed by atoms with Crippen LogP contribution in [0.2, 0.25) is 0 Å². The molecule has 1 amide bonds. The van der Waals surface area contributed by atoms with Gasteiger partial charge in [-0.15, -0.1) is 0 Å². The Bertz CT molecular complexity index is 327. The van der Waals surface area contributed by atoms with Crippen molar-refractivity contribution in [3.63, 3.8) is 0 Å². The Morgan fingerprint density at radius 2 is 1.73 bits per heavy atom. The Hall–Kier alpha value is -0.910. The third-order valence-corrected chi connectivity index (χ3v) is 3.87.